The Bertz CT molecular complexity index is 1020. The highest BCUT2D eigenvalue weighted by Crippen LogP contribution is 2.14. The molecule has 0 aliphatic rings. The summed E-state index contributed by atoms with van der Waals surface area (Å²) >= 11 is 0. The third-order valence-electron chi connectivity index (χ3n) is 4.50. The Hall–Kier alpha value is -2.99. The van der Waals surface area contributed by atoms with Crippen LogP contribution >= 0.6 is 0 Å². The Balaban J connectivity index is 1.87. The molecule has 0 saturated carbocycles. The van der Waals surface area contributed by atoms with Crippen LogP contribution in [0.3, 0.4) is 0 Å². The molecule has 0 radical (unpaired) electrons. The Morgan fingerprint density at radius 2 is 1.93 bits per heavy atom. The van der Waals surface area contributed by atoms with Gasteiger partial charge in [0.15, 0.2) is 0 Å². The van der Waals surface area contributed by atoms with Crippen molar-refractivity contribution in [3.8, 4) is 0 Å². The summed E-state index contributed by atoms with van der Waals surface area (Å²) in [5.74, 6) is -0.242. The van der Waals surface area contributed by atoms with Gasteiger partial charge in [-0.05, 0) is 31.5 Å². The molecule has 1 amide bonds. The van der Waals surface area contributed by atoms with Crippen molar-refractivity contribution >= 4 is 16.8 Å². The summed E-state index contributed by atoms with van der Waals surface area (Å²) in [6.07, 6.45) is 1.70. The third kappa shape index (κ3) is 4.23. The van der Waals surface area contributed by atoms with Crippen LogP contribution in [0.15, 0.2) is 47.4 Å². The number of benzene rings is 1. The lowest BCUT2D eigenvalue weighted by atomic mass is 10.1. The van der Waals surface area contributed by atoms with Crippen LogP contribution in [0, 0.1) is 13.8 Å². The first-order valence-corrected chi connectivity index (χ1v) is 8.83. The molecule has 1 N–H and O–H groups in total. The van der Waals surface area contributed by atoms with E-state index in [9.17, 15) is 9.59 Å². The normalized spacial score (nSPS) is 10.9. The molecule has 1 aromatic carbocycles. The van der Waals surface area contributed by atoms with Crippen molar-refractivity contribution in [2.45, 2.75) is 26.9 Å². The van der Waals surface area contributed by atoms with Gasteiger partial charge in [0, 0.05) is 26.4 Å². The number of nitrogens with one attached hydrogen (secondary N) is 1. The van der Waals surface area contributed by atoms with Crippen molar-refractivity contribution in [1.29, 1.82) is 0 Å². The third-order valence-corrected chi connectivity index (χ3v) is 4.50. The second kappa shape index (κ2) is 8.14. The van der Waals surface area contributed by atoms with Crippen LogP contribution in [0.1, 0.15) is 27.2 Å². The molecule has 0 saturated heterocycles. The van der Waals surface area contributed by atoms with Crippen LogP contribution in [0.4, 0.5) is 0 Å². The quantitative estimate of drug-likeness (QED) is 0.729. The van der Waals surface area contributed by atoms with Crippen LogP contribution < -0.4 is 10.9 Å². The number of aryl methyl sites for hydroxylation is 2. The van der Waals surface area contributed by atoms with E-state index in [0.717, 1.165) is 5.56 Å². The standard InChI is InChI=1S/C21H23N3O3/c1-14-4-6-16(7-5-14)13-22-20(25)17-12-18-19(23-15(17)2)8-9-24(21(18)26)10-11-27-3/h4-9,12H,10-11,13H2,1-3H3,(H,22,25). The summed E-state index contributed by atoms with van der Waals surface area (Å²) in [5, 5.41) is 3.33. The second-order valence-corrected chi connectivity index (χ2v) is 6.53. The first-order valence-electron chi connectivity index (χ1n) is 8.83. The Kier molecular flexibility index (Phi) is 5.66. The van der Waals surface area contributed by atoms with Gasteiger partial charge in [-0.3, -0.25) is 14.6 Å². The largest absolute Gasteiger partial charge is 0.383 e. The van der Waals surface area contributed by atoms with Crippen molar-refractivity contribution in [3.05, 3.63) is 75.3 Å². The van der Waals surface area contributed by atoms with Crippen LogP contribution in [0.25, 0.3) is 10.9 Å². The molecule has 0 spiro atoms. The van der Waals surface area contributed by atoms with Crippen LogP contribution in [-0.4, -0.2) is 29.2 Å². The molecule has 0 unspecified atom stereocenters. The molecule has 0 aliphatic heterocycles. The average Bonchev–Trinajstić information content (AvgIpc) is 2.66. The highest BCUT2D eigenvalue weighted by Gasteiger charge is 2.14. The van der Waals surface area contributed by atoms with Crippen LogP contribution in [0.5, 0.6) is 0 Å². The Morgan fingerprint density at radius 1 is 1.19 bits per heavy atom. The number of nitrogens with zero attached hydrogens (tertiary/aromatic N) is 2. The van der Waals surface area contributed by atoms with Crippen molar-refractivity contribution in [3.63, 3.8) is 0 Å². The molecule has 6 nitrogen and oxygen atoms in total. The average molecular weight is 365 g/mol. The number of amides is 1. The number of carbonyl (C=O) groups is 1. The van der Waals surface area contributed by atoms with E-state index in [1.165, 1.54) is 5.56 Å². The maximum absolute atomic E-state index is 12.7. The minimum Gasteiger partial charge on any atom is -0.383 e. The maximum atomic E-state index is 12.7. The zero-order valence-corrected chi connectivity index (χ0v) is 15.8. The molecule has 6 heteroatoms. The van der Waals surface area contributed by atoms with Gasteiger partial charge in [-0.15, -0.1) is 0 Å². The lowest BCUT2D eigenvalue weighted by molar-refractivity contribution is 0.0950. The molecule has 0 fully saturated rings. The highest BCUT2D eigenvalue weighted by atomic mass is 16.5. The lowest BCUT2D eigenvalue weighted by Crippen LogP contribution is -2.26. The zero-order valence-electron chi connectivity index (χ0n) is 15.8. The number of pyridine rings is 2. The molecule has 2 aromatic heterocycles. The van der Waals surface area contributed by atoms with Gasteiger partial charge in [0.25, 0.3) is 11.5 Å². The van der Waals surface area contributed by atoms with E-state index in [-0.39, 0.29) is 11.5 Å². The summed E-state index contributed by atoms with van der Waals surface area (Å²) in [4.78, 5) is 29.7. The highest BCUT2D eigenvalue weighted by molar-refractivity contribution is 5.98. The monoisotopic (exact) mass is 365 g/mol. The van der Waals surface area contributed by atoms with Gasteiger partial charge in [0.1, 0.15) is 0 Å². The van der Waals surface area contributed by atoms with Crippen molar-refractivity contribution in [2.75, 3.05) is 13.7 Å². The number of aromatic nitrogens is 2. The lowest BCUT2D eigenvalue weighted by Gasteiger charge is -2.11. The summed E-state index contributed by atoms with van der Waals surface area (Å²) in [6.45, 7) is 5.11. The minimum atomic E-state index is -0.242. The van der Waals surface area contributed by atoms with Gasteiger partial charge in [0.05, 0.1) is 28.8 Å². The van der Waals surface area contributed by atoms with Crippen LogP contribution in [0.2, 0.25) is 0 Å². The number of carbonyl (C=O) groups excluding carboxylic acids is 1. The SMILES string of the molecule is COCCn1ccc2nc(C)c(C(=O)NCc3ccc(C)cc3)cc2c1=O. The molecular weight excluding hydrogens is 342 g/mol. The van der Waals surface area contributed by atoms with Crippen molar-refractivity contribution < 1.29 is 9.53 Å². The van der Waals surface area contributed by atoms with Gasteiger partial charge in [-0.1, -0.05) is 29.8 Å². The molecule has 0 atom stereocenters. The van der Waals surface area contributed by atoms with Gasteiger partial charge in [-0.25, -0.2) is 0 Å². The number of rotatable bonds is 6. The van der Waals surface area contributed by atoms with E-state index in [0.29, 0.717) is 41.9 Å². The maximum Gasteiger partial charge on any atom is 0.260 e. The molecule has 27 heavy (non-hydrogen) atoms. The molecule has 2 heterocycles. The van der Waals surface area contributed by atoms with Gasteiger partial charge in [0.2, 0.25) is 0 Å². The van der Waals surface area contributed by atoms with E-state index in [1.54, 1.807) is 36.9 Å². The smallest absolute Gasteiger partial charge is 0.260 e. The van der Waals surface area contributed by atoms with E-state index < -0.39 is 0 Å². The predicted molar refractivity (Wildman–Crippen MR) is 105 cm³/mol. The van der Waals surface area contributed by atoms with E-state index in [1.807, 2.05) is 31.2 Å². The fraction of sp³-hybridized carbons (Fsp3) is 0.286. The Labute approximate surface area is 157 Å². The predicted octanol–water partition coefficient (Wildman–Crippen LogP) is 2.59. The summed E-state index contributed by atoms with van der Waals surface area (Å²) in [6, 6.07) is 11.4. The summed E-state index contributed by atoms with van der Waals surface area (Å²) in [5.41, 5.74) is 3.60. The first kappa shape index (κ1) is 18.8. The topological polar surface area (TPSA) is 73.2 Å². The van der Waals surface area contributed by atoms with E-state index in [4.69, 9.17) is 4.74 Å². The fourth-order valence-electron chi connectivity index (χ4n) is 2.88. The molecule has 0 bridgehead atoms. The first-order chi connectivity index (χ1) is 13.0. The van der Waals surface area contributed by atoms with E-state index in [2.05, 4.69) is 10.3 Å². The molecule has 3 aromatic rings. The zero-order chi connectivity index (χ0) is 19.4. The van der Waals surface area contributed by atoms with Gasteiger partial charge in [-0.2, -0.15) is 0 Å². The minimum absolute atomic E-state index is 0.176. The number of fused-ring (bicyclic) bond motifs is 1. The number of hydrogen-bond acceptors (Lipinski definition) is 4. The van der Waals surface area contributed by atoms with Gasteiger partial charge < -0.3 is 14.6 Å². The molecule has 0 aliphatic carbocycles. The summed E-state index contributed by atoms with van der Waals surface area (Å²) in [7, 11) is 1.59. The summed E-state index contributed by atoms with van der Waals surface area (Å²) < 4.78 is 6.60. The molecule has 3 rings (SSSR count). The number of methoxy groups -OCH3 is 1. The molecular formula is C21H23N3O3. The second-order valence-electron chi connectivity index (χ2n) is 6.53. The number of hydrogen-bond donors (Lipinski definition) is 1. The van der Waals surface area contributed by atoms with Crippen molar-refractivity contribution in [1.82, 2.24) is 14.9 Å². The fourth-order valence-corrected chi connectivity index (χ4v) is 2.88. The number of ether oxygens (including phenoxy) is 1. The van der Waals surface area contributed by atoms with Crippen LogP contribution in [-0.2, 0) is 17.8 Å². The van der Waals surface area contributed by atoms with E-state index >= 15 is 0 Å². The molecule has 140 valence electrons. The van der Waals surface area contributed by atoms with Gasteiger partial charge >= 0.3 is 0 Å². The van der Waals surface area contributed by atoms with Crippen molar-refractivity contribution in [2.24, 2.45) is 0 Å². The Morgan fingerprint density at radius 3 is 2.63 bits per heavy atom.